The molecule has 2 aromatic carbocycles. The van der Waals surface area contributed by atoms with Crippen LogP contribution in [0.1, 0.15) is 35.8 Å². The zero-order chi connectivity index (χ0) is 17.9. The summed E-state index contributed by atoms with van der Waals surface area (Å²) < 4.78 is 1.25. The number of amides is 1. The molecule has 0 atom stereocenters. The number of halogens is 2. The van der Waals surface area contributed by atoms with Crippen LogP contribution >= 0.6 is 36.2 Å². The molecule has 0 saturated carbocycles. The minimum absolute atomic E-state index is 0. The first-order valence-corrected chi connectivity index (χ1v) is 9.99. The summed E-state index contributed by atoms with van der Waals surface area (Å²) in [5.74, 6) is 0.706. The molecule has 28 heavy (non-hydrogen) atoms. The zero-order valence-corrected chi connectivity index (χ0v) is 18.0. The summed E-state index contributed by atoms with van der Waals surface area (Å²) in [6.07, 6.45) is 3.24. The summed E-state index contributed by atoms with van der Waals surface area (Å²) in [6.45, 7) is 1.65. The van der Waals surface area contributed by atoms with Crippen molar-refractivity contribution in [3.8, 4) is 0 Å². The number of rotatable bonds is 4. The minimum Gasteiger partial charge on any atom is -0.399 e. The third-order valence-corrected chi connectivity index (χ3v) is 6.37. The largest absolute Gasteiger partial charge is 0.399 e. The lowest BCUT2D eigenvalue weighted by atomic mass is 9.97. The van der Waals surface area contributed by atoms with Crippen molar-refractivity contribution in [2.24, 2.45) is 0 Å². The number of hydrogen-bond donors (Lipinski definition) is 1. The Bertz CT molecular complexity index is 890. The molecule has 1 aromatic heterocycles. The van der Waals surface area contributed by atoms with Crippen molar-refractivity contribution in [3.63, 3.8) is 0 Å². The molecule has 4 rings (SSSR count). The second-order valence-electron chi connectivity index (χ2n) is 6.87. The highest BCUT2D eigenvalue weighted by Gasteiger charge is 2.25. The summed E-state index contributed by atoms with van der Waals surface area (Å²) >= 11 is 1.79. The standard InChI is InChI=1S/C21H23N3OS.2ClH/c22-17-6-2-1-5-15(17)9-10-20(25)24-13-11-16(12-14-24)21-23-18-7-3-4-8-19(18)26-21;;/h1-8,16H,9-14,22H2;2*1H. The number of anilines is 1. The number of fused-ring (bicyclic) bond motifs is 1. The summed E-state index contributed by atoms with van der Waals surface area (Å²) in [5.41, 5.74) is 8.89. The van der Waals surface area contributed by atoms with E-state index in [1.807, 2.05) is 35.2 Å². The number of thiazole rings is 1. The molecule has 2 heterocycles. The SMILES string of the molecule is Cl.Cl.Nc1ccccc1CCC(=O)N1CCC(c2nc3ccccc3s2)CC1. The highest BCUT2D eigenvalue weighted by atomic mass is 35.5. The van der Waals surface area contributed by atoms with Gasteiger partial charge in [0.05, 0.1) is 15.2 Å². The third-order valence-electron chi connectivity index (χ3n) is 5.17. The van der Waals surface area contributed by atoms with Gasteiger partial charge in [0.1, 0.15) is 0 Å². The average Bonchev–Trinajstić information content (AvgIpc) is 3.11. The fourth-order valence-electron chi connectivity index (χ4n) is 3.60. The minimum atomic E-state index is 0. The van der Waals surface area contributed by atoms with Crippen molar-refractivity contribution in [1.29, 1.82) is 0 Å². The van der Waals surface area contributed by atoms with Crippen molar-refractivity contribution in [1.82, 2.24) is 9.88 Å². The molecular weight excluding hydrogens is 413 g/mol. The Hall–Kier alpha value is -1.82. The number of nitrogens with two attached hydrogens (primary N) is 1. The number of aryl methyl sites for hydroxylation is 1. The van der Waals surface area contributed by atoms with Crippen LogP contribution in [0.2, 0.25) is 0 Å². The smallest absolute Gasteiger partial charge is 0.222 e. The summed E-state index contributed by atoms with van der Waals surface area (Å²) in [6, 6.07) is 16.1. The van der Waals surface area contributed by atoms with Crippen LogP contribution in [-0.2, 0) is 11.2 Å². The van der Waals surface area contributed by atoms with Gasteiger partial charge in [0.2, 0.25) is 5.91 Å². The van der Waals surface area contributed by atoms with Crippen LogP contribution in [0.3, 0.4) is 0 Å². The molecule has 0 unspecified atom stereocenters. The molecule has 0 radical (unpaired) electrons. The van der Waals surface area contributed by atoms with Gasteiger partial charge in [0.15, 0.2) is 0 Å². The van der Waals surface area contributed by atoms with Crippen molar-refractivity contribution < 1.29 is 4.79 Å². The van der Waals surface area contributed by atoms with Crippen LogP contribution in [0.4, 0.5) is 5.69 Å². The Morgan fingerprint density at radius 3 is 2.46 bits per heavy atom. The van der Waals surface area contributed by atoms with Gasteiger partial charge in [-0.15, -0.1) is 36.2 Å². The van der Waals surface area contributed by atoms with Gasteiger partial charge in [-0.3, -0.25) is 4.79 Å². The molecule has 7 heteroatoms. The number of nitrogens with zero attached hydrogens (tertiary/aromatic N) is 2. The molecule has 0 spiro atoms. The van der Waals surface area contributed by atoms with Crippen LogP contribution in [0.25, 0.3) is 10.2 Å². The summed E-state index contributed by atoms with van der Waals surface area (Å²) in [5, 5.41) is 1.22. The Morgan fingerprint density at radius 2 is 1.75 bits per heavy atom. The van der Waals surface area contributed by atoms with Gasteiger partial charge in [-0.2, -0.15) is 0 Å². The summed E-state index contributed by atoms with van der Waals surface area (Å²) in [4.78, 5) is 19.3. The topological polar surface area (TPSA) is 59.2 Å². The number of nitrogen functional groups attached to an aromatic ring is 1. The number of carbonyl (C=O) groups is 1. The normalized spacial score (nSPS) is 14.4. The molecule has 1 aliphatic rings. The second-order valence-corrected chi connectivity index (χ2v) is 7.94. The molecule has 3 aromatic rings. The van der Waals surface area contributed by atoms with E-state index in [2.05, 4.69) is 18.2 Å². The number of hydrogen-bond acceptors (Lipinski definition) is 4. The number of benzene rings is 2. The van der Waals surface area contributed by atoms with Crippen molar-refractivity contribution >= 4 is 58.0 Å². The lowest BCUT2D eigenvalue weighted by molar-refractivity contribution is -0.132. The number of aromatic nitrogens is 1. The monoisotopic (exact) mass is 437 g/mol. The van der Waals surface area contributed by atoms with E-state index < -0.39 is 0 Å². The average molecular weight is 438 g/mol. The Labute approximate surface area is 182 Å². The highest BCUT2D eigenvalue weighted by molar-refractivity contribution is 7.18. The number of piperidine rings is 1. The van der Waals surface area contributed by atoms with E-state index >= 15 is 0 Å². The molecule has 4 nitrogen and oxygen atoms in total. The van der Waals surface area contributed by atoms with E-state index in [1.54, 1.807) is 11.3 Å². The van der Waals surface area contributed by atoms with Gasteiger partial charge in [-0.05, 0) is 43.0 Å². The maximum atomic E-state index is 12.5. The molecule has 1 saturated heterocycles. The van der Waals surface area contributed by atoms with Gasteiger partial charge in [0.25, 0.3) is 0 Å². The van der Waals surface area contributed by atoms with E-state index in [1.165, 1.54) is 9.71 Å². The second kappa shape index (κ2) is 10.1. The first-order chi connectivity index (χ1) is 12.7. The Balaban J connectivity index is 0.00000140. The van der Waals surface area contributed by atoms with Crippen LogP contribution in [0, 0.1) is 0 Å². The third kappa shape index (κ3) is 4.96. The number of carbonyl (C=O) groups excluding carboxylic acids is 1. The Morgan fingerprint density at radius 1 is 1.07 bits per heavy atom. The molecule has 150 valence electrons. The molecule has 1 amide bonds. The fraction of sp³-hybridized carbons (Fsp3) is 0.333. The molecular formula is C21H25Cl2N3OS. The number of likely N-dealkylation sites (tertiary alicyclic amines) is 1. The predicted octanol–water partition coefficient (Wildman–Crippen LogP) is 5.06. The van der Waals surface area contributed by atoms with Gasteiger partial charge in [0, 0.05) is 31.1 Å². The van der Waals surface area contributed by atoms with E-state index in [0.29, 0.717) is 18.8 Å². The van der Waals surface area contributed by atoms with Gasteiger partial charge < -0.3 is 10.6 Å². The highest BCUT2D eigenvalue weighted by Crippen LogP contribution is 2.34. The fourth-order valence-corrected chi connectivity index (χ4v) is 4.74. The summed E-state index contributed by atoms with van der Waals surface area (Å²) in [7, 11) is 0. The van der Waals surface area contributed by atoms with Gasteiger partial charge in [-0.1, -0.05) is 30.3 Å². The zero-order valence-electron chi connectivity index (χ0n) is 15.5. The van der Waals surface area contributed by atoms with Crippen molar-refractivity contribution in [3.05, 3.63) is 59.1 Å². The predicted molar refractivity (Wildman–Crippen MR) is 122 cm³/mol. The Kier molecular flexibility index (Phi) is 8.10. The maximum absolute atomic E-state index is 12.5. The first kappa shape index (κ1) is 22.5. The molecule has 0 bridgehead atoms. The molecule has 2 N–H and O–H groups in total. The van der Waals surface area contributed by atoms with Crippen molar-refractivity contribution in [2.45, 2.75) is 31.6 Å². The van der Waals surface area contributed by atoms with Gasteiger partial charge in [-0.25, -0.2) is 4.98 Å². The molecule has 1 fully saturated rings. The molecule has 0 aliphatic carbocycles. The first-order valence-electron chi connectivity index (χ1n) is 9.17. The van der Waals surface area contributed by atoms with Crippen LogP contribution in [0.15, 0.2) is 48.5 Å². The molecule has 1 aliphatic heterocycles. The van der Waals surface area contributed by atoms with Crippen LogP contribution < -0.4 is 5.73 Å². The lowest BCUT2D eigenvalue weighted by Crippen LogP contribution is -2.38. The van der Waals surface area contributed by atoms with Gasteiger partial charge >= 0.3 is 0 Å². The quantitative estimate of drug-likeness (QED) is 0.580. The lowest BCUT2D eigenvalue weighted by Gasteiger charge is -2.31. The number of para-hydroxylation sites is 2. The van der Waals surface area contributed by atoms with E-state index in [4.69, 9.17) is 10.7 Å². The maximum Gasteiger partial charge on any atom is 0.222 e. The van der Waals surface area contributed by atoms with Crippen LogP contribution in [0.5, 0.6) is 0 Å². The van der Waals surface area contributed by atoms with E-state index in [0.717, 1.165) is 42.7 Å². The van der Waals surface area contributed by atoms with E-state index in [9.17, 15) is 4.79 Å². The van der Waals surface area contributed by atoms with E-state index in [-0.39, 0.29) is 30.7 Å². The van der Waals surface area contributed by atoms with Crippen LogP contribution in [-0.4, -0.2) is 28.9 Å². The van der Waals surface area contributed by atoms with Crippen molar-refractivity contribution in [2.75, 3.05) is 18.8 Å².